The average molecular weight is 792 g/mol. The van der Waals surface area contributed by atoms with Gasteiger partial charge in [-0.05, 0) is 107 Å². The van der Waals surface area contributed by atoms with Crippen molar-refractivity contribution < 1.29 is 23.9 Å². The van der Waals surface area contributed by atoms with Gasteiger partial charge in [0.25, 0.3) is 5.91 Å². The summed E-state index contributed by atoms with van der Waals surface area (Å²) in [5, 5.41) is 24.7. The number of hydrogen-bond acceptors (Lipinski definition) is 9. The number of carbonyl (C=O) groups is 4. The van der Waals surface area contributed by atoms with Gasteiger partial charge in [-0.15, -0.1) is 5.10 Å². The number of nitrogens with one attached hydrogen (secondary N) is 2. The third-order valence-corrected chi connectivity index (χ3v) is 12.3. The second kappa shape index (κ2) is 16.9. The Bertz CT molecular complexity index is 2180. The first-order chi connectivity index (χ1) is 27.7. The highest BCUT2D eigenvalue weighted by Gasteiger charge is 2.30. The third kappa shape index (κ3) is 8.60. The van der Waals surface area contributed by atoms with Crippen molar-refractivity contribution in [2.45, 2.75) is 81.9 Å². The fourth-order valence-corrected chi connectivity index (χ4v) is 8.92. The van der Waals surface area contributed by atoms with Crippen LogP contribution in [-0.4, -0.2) is 99.7 Å². The number of fused-ring (bicyclic) bond motifs is 1. The molecule has 2 aromatic heterocycles. The lowest BCUT2D eigenvalue weighted by Gasteiger charge is -2.36. The van der Waals surface area contributed by atoms with E-state index in [0.717, 1.165) is 86.7 Å². The van der Waals surface area contributed by atoms with Crippen LogP contribution >= 0.6 is 11.6 Å². The summed E-state index contributed by atoms with van der Waals surface area (Å²) < 4.78 is 8.34. The average Bonchev–Trinajstić information content (AvgIpc) is 3.67. The predicted octanol–water partition coefficient (Wildman–Crippen LogP) is 5.57. The Kier molecular flexibility index (Phi) is 11.4. The largest absolute Gasteiger partial charge is 0.490 e. The van der Waals surface area contributed by atoms with Gasteiger partial charge in [0.05, 0.1) is 40.1 Å². The molecular formula is C42H46ClN9O5. The molecule has 57 heavy (non-hydrogen) atoms. The summed E-state index contributed by atoms with van der Waals surface area (Å²) >= 11 is 6.15. The normalized spacial score (nSPS) is 21.3. The minimum Gasteiger partial charge on any atom is -0.490 e. The molecule has 5 amide bonds. The molecular weight excluding hydrogens is 746 g/mol. The number of benzene rings is 2. The zero-order chi connectivity index (χ0) is 39.5. The third-order valence-electron chi connectivity index (χ3n) is 12.0. The summed E-state index contributed by atoms with van der Waals surface area (Å²) in [5.74, 6) is 0.542. The van der Waals surface area contributed by atoms with Gasteiger partial charge in [0.15, 0.2) is 5.69 Å². The van der Waals surface area contributed by atoms with E-state index in [1.165, 1.54) is 0 Å². The number of nitrogens with zero attached hydrogens (tertiary/aromatic N) is 7. The molecule has 15 heteroatoms. The first-order valence-corrected chi connectivity index (χ1v) is 20.3. The smallest absolute Gasteiger partial charge is 0.328 e. The van der Waals surface area contributed by atoms with Crippen LogP contribution in [0.1, 0.15) is 91.5 Å². The summed E-state index contributed by atoms with van der Waals surface area (Å²) in [7, 11) is 0. The quantitative estimate of drug-likeness (QED) is 0.221. The van der Waals surface area contributed by atoms with E-state index in [0.29, 0.717) is 48.2 Å². The maximum atomic E-state index is 13.4. The fourth-order valence-electron chi connectivity index (χ4n) is 8.71. The van der Waals surface area contributed by atoms with E-state index < -0.39 is 0 Å². The van der Waals surface area contributed by atoms with Gasteiger partial charge in [0.1, 0.15) is 11.8 Å². The van der Waals surface area contributed by atoms with Crippen LogP contribution in [-0.2, 0) is 9.59 Å². The molecule has 5 heterocycles. The number of halogens is 1. The SMILES string of the molecule is N#Cc1ccc(O[C@H]2CC[C@H](NC(=O)c3ccc(C4CCN(CC(=O)N5CCC(n6ccc7c(N8CCC(=O)NC8=O)cccc76)CC5)CC4)nn3)CC2)cc1Cl. The molecule has 0 spiro atoms. The van der Waals surface area contributed by atoms with Crippen molar-refractivity contribution in [3.8, 4) is 11.8 Å². The highest BCUT2D eigenvalue weighted by Crippen LogP contribution is 2.34. The Morgan fingerprint density at radius 2 is 1.70 bits per heavy atom. The van der Waals surface area contributed by atoms with Gasteiger partial charge in [0, 0.05) is 61.7 Å². The molecule has 4 fully saturated rings. The summed E-state index contributed by atoms with van der Waals surface area (Å²) in [4.78, 5) is 56.5. The number of aromatic nitrogens is 3. The molecule has 1 aliphatic carbocycles. The first kappa shape index (κ1) is 38.4. The van der Waals surface area contributed by atoms with Crippen LogP contribution in [0.2, 0.25) is 5.02 Å². The molecule has 8 rings (SSSR count). The zero-order valence-electron chi connectivity index (χ0n) is 31.7. The molecule has 1 saturated carbocycles. The predicted molar refractivity (Wildman–Crippen MR) is 213 cm³/mol. The Morgan fingerprint density at radius 1 is 0.912 bits per heavy atom. The van der Waals surface area contributed by atoms with Crippen LogP contribution in [0.5, 0.6) is 5.75 Å². The van der Waals surface area contributed by atoms with Gasteiger partial charge in [-0.3, -0.25) is 29.5 Å². The number of anilines is 1. The molecule has 2 aromatic carbocycles. The lowest BCUT2D eigenvalue weighted by molar-refractivity contribution is -0.134. The second-order valence-electron chi connectivity index (χ2n) is 15.5. The van der Waals surface area contributed by atoms with E-state index in [1.807, 2.05) is 29.2 Å². The molecule has 296 valence electrons. The minimum absolute atomic E-state index is 0.0191. The number of urea groups is 1. The Labute approximate surface area is 336 Å². The Balaban J connectivity index is 0.758. The zero-order valence-corrected chi connectivity index (χ0v) is 32.5. The lowest BCUT2D eigenvalue weighted by atomic mass is 9.92. The molecule has 3 saturated heterocycles. The number of ether oxygens (including phenoxy) is 1. The number of hydrogen-bond donors (Lipinski definition) is 2. The van der Waals surface area contributed by atoms with Crippen molar-refractivity contribution in [2.24, 2.45) is 0 Å². The van der Waals surface area contributed by atoms with E-state index >= 15 is 0 Å². The van der Waals surface area contributed by atoms with Crippen LogP contribution in [0.15, 0.2) is 60.8 Å². The van der Waals surface area contributed by atoms with Gasteiger partial charge in [-0.2, -0.15) is 10.4 Å². The van der Waals surface area contributed by atoms with E-state index in [2.05, 4.69) is 48.6 Å². The molecule has 2 N–H and O–H groups in total. The van der Waals surface area contributed by atoms with E-state index in [1.54, 1.807) is 29.2 Å². The Morgan fingerprint density at radius 3 is 2.40 bits per heavy atom. The van der Waals surface area contributed by atoms with E-state index in [9.17, 15) is 19.2 Å². The molecule has 0 radical (unpaired) electrons. The number of likely N-dealkylation sites (tertiary alicyclic amines) is 2. The maximum absolute atomic E-state index is 13.4. The monoisotopic (exact) mass is 791 g/mol. The first-order valence-electron chi connectivity index (χ1n) is 19.9. The number of amides is 5. The minimum atomic E-state index is -0.390. The highest BCUT2D eigenvalue weighted by molar-refractivity contribution is 6.31. The second-order valence-corrected chi connectivity index (χ2v) is 15.9. The van der Waals surface area contributed by atoms with Crippen molar-refractivity contribution in [2.75, 3.05) is 44.2 Å². The van der Waals surface area contributed by atoms with Gasteiger partial charge in [-0.25, -0.2) is 4.79 Å². The van der Waals surface area contributed by atoms with Gasteiger partial charge in [-0.1, -0.05) is 17.7 Å². The summed E-state index contributed by atoms with van der Waals surface area (Å²) in [5.41, 5.74) is 3.43. The van der Waals surface area contributed by atoms with Crippen molar-refractivity contribution in [1.29, 1.82) is 5.26 Å². The molecule has 14 nitrogen and oxygen atoms in total. The number of rotatable bonds is 9. The van der Waals surface area contributed by atoms with E-state index in [-0.39, 0.29) is 54.3 Å². The number of imide groups is 1. The molecule has 0 unspecified atom stereocenters. The summed E-state index contributed by atoms with van der Waals surface area (Å²) in [6.07, 6.45) is 8.95. The molecule has 0 atom stereocenters. The number of carbonyl (C=O) groups excluding carboxylic acids is 4. The summed E-state index contributed by atoms with van der Waals surface area (Å²) in [6.45, 7) is 3.73. The molecule has 4 aromatic rings. The van der Waals surface area contributed by atoms with Crippen molar-refractivity contribution in [1.82, 2.24) is 35.2 Å². The van der Waals surface area contributed by atoms with Crippen molar-refractivity contribution >= 4 is 51.9 Å². The van der Waals surface area contributed by atoms with Gasteiger partial charge >= 0.3 is 6.03 Å². The van der Waals surface area contributed by atoms with Crippen LogP contribution < -0.4 is 20.3 Å². The molecule has 4 aliphatic rings. The van der Waals surface area contributed by atoms with Crippen molar-refractivity contribution in [3.63, 3.8) is 0 Å². The topological polar surface area (TPSA) is 166 Å². The standard InChI is InChI=1S/C42H46ClN9O5/c43-34-24-32(7-4-28(34)25-44)57-31-8-5-29(6-9-31)45-41(55)36-11-10-35(47-48-36)27-12-18-49(19-13-27)26-40(54)50-20-14-30(15-21-50)51-22-16-33-37(51)2-1-3-38(33)52-23-17-39(53)46-42(52)56/h1-4,7,10-11,16,22,24,27,29-31H,5-6,8-9,12-15,17-21,23,26H2,(H,45,55)(H,46,53,56)/t29-,31-. The van der Waals surface area contributed by atoms with Gasteiger partial charge in [0.2, 0.25) is 11.8 Å². The van der Waals surface area contributed by atoms with Crippen LogP contribution in [0.3, 0.4) is 0 Å². The van der Waals surface area contributed by atoms with Crippen molar-refractivity contribution in [3.05, 3.63) is 82.8 Å². The number of piperidine rings is 2. The summed E-state index contributed by atoms with van der Waals surface area (Å²) in [6, 6.07) is 18.7. The van der Waals surface area contributed by atoms with Crippen LogP contribution in [0, 0.1) is 11.3 Å². The maximum Gasteiger partial charge on any atom is 0.328 e. The van der Waals surface area contributed by atoms with Gasteiger partial charge < -0.3 is 19.5 Å². The highest BCUT2D eigenvalue weighted by atomic mass is 35.5. The van der Waals surface area contributed by atoms with Crippen LogP contribution in [0.25, 0.3) is 10.9 Å². The fraction of sp³-hybridized carbons (Fsp3) is 0.452. The molecule has 3 aliphatic heterocycles. The Hall–Kier alpha value is -5.52. The van der Waals surface area contributed by atoms with Crippen LogP contribution in [0.4, 0.5) is 10.5 Å². The number of nitriles is 1. The van der Waals surface area contributed by atoms with E-state index in [4.69, 9.17) is 21.6 Å². The molecule has 0 bridgehead atoms. The lowest BCUT2D eigenvalue weighted by Crippen LogP contribution is -2.49.